The maximum Gasteiger partial charge on any atom is 0.164 e. The molecule has 304 valence electrons. The van der Waals surface area contributed by atoms with E-state index in [2.05, 4.69) is 41.5 Å². The first-order valence-electron chi connectivity index (χ1n) is 23.3. The van der Waals surface area contributed by atoms with Crippen LogP contribution in [-0.4, -0.2) is 22.8 Å². The van der Waals surface area contributed by atoms with Crippen LogP contribution in [0.5, 0.6) is 0 Å². The minimum absolute atomic E-state index is 0.195. The van der Waals surface area contributed by atoms with E-state index in [1.54, 1.807) is 0 Å². The van der Waals surface area contributed by atoms with Crippen molar-refractivity contribution in [1.82, 2.24) is 0 Å². The molecule has 0 saturated carbocycles. The zero-order valence-electron chi connectivity index (χ0n) is 36.4. The molecule has 51 heavy (non-hydrogen) atoms. The Morgan fingerprint density at radius 2 is 0.569 bits per heavy atom. The summed E-state index contributed by atoms with van der Waals surface area (Å²) in [6.07, 6.45) is 42.1. The zero-order valence-corrected chi connectivity index (χ0v) is 36.4. The molecule has 0 aromatic rings. The predicted octanol–water partition coefficient (Wildman–Crippen LogP) is 16.3. The van der Waals surface area contributed by atoms with Crippen molar-refractivity contribution in [2.45, 2.75) is 285 Å². The summed E-state index contributed by atoms with van der Waals surface area (Å²) in [7, 11) is 0. The molecular formula is C48H94O3. The minimum Gasteiger partial charge on any atom is -0.354 e. The number of carbonyl (C=O) groups excluding carboxylic acids is 2. The number of carbonyl (C=O) groups is 2. The van der Waals surface area contributed by atoms with Gasteiger partial charge in [-0.15, -0.1) is 0 Å². The highest BCUT2D eigenvalue weighted by atomic mass is 16.5. The van der Waals surface area contributed by atoms with Gasteiger partial charge in [0, 0.05) is 12.8 Å². The molecule has 0 aromatic carbocycles. The van der Waals surface area contributed by atoms with Gasteiger partial charge in [-0.2, -0.15) is 0 Å². The first-order chi connectivity index (χ1) is 24.5. The second kappa shape index (κ2) is 33.8. The van der Waals surface area contributed by atoms with Gasteiger partial charge in [-0.05, 0) is 51.4 Å². The van der Waals surface area contributed by atoms with Crippen LogP contribution < -0.4 is 0 Å². The van der Waals surface area contributed by atoms with Crippen molar-refractivity contribution < 1.29 is 14.3 Å². The fourth-order valence-electron chi connectivity index (χ4n) is 8.32. The minimum atomic E-state index is -0.904. The van der Waals surface area contributed by atoms with Gasteiger partial charge in [0.1, 0.15) is 11.2 Å². The molecule has 0 fully saturated rings. The van der Waals surface area contributed by atoms with Gasteiger partial charge in [0.2, 0.25) is 0 Å². The van der Waals surface area contributed by atoms with Crippen molar-refractivity contribution in [1.29, 1.82) is 0 Å². The summed E-state index contributed by atoms with van der Waals surface area (Å²) in [6, 6.07) is 0. The molecular weight excluding hydrogens is 625 g/mol. The van der Waals surface area contributed by atoms with Crippen molar-refractivity contribution in [2.24, 2.45) is 11.8 Å². The number of hydrogen-bond donors (Lipinski definition) is 0. The smallest absolute Gasteiger partial charge is 0.164 e. The molecule has 0 heterocycles. The molecule has 0 saturated heterocycles. The van der Waals surface area contributed by atoms with Crippen molar-refractivity contribution >= 4 is 11.6 Å². The van der Waals surface area contributed by atoms with Gasteiger partial charge < -0.3 is 4.74 Å². The summed E-state index contributed by atoms with van der Waals surface area (Å²) in [5.41, 5.74) is -1.81. The maximum absolute atomic E-state index is 13.8. The largest absolute Gasteiger partial charge is 0.354 e. The van der Waals surface area contributed by atoms with Crippen LogP contribution in [0.2, 0.25) is 0 Å². The number of hydrogen-bond acceptors (Lipinski definition) is 3. The molecule has 0 bridgehead atoms. The third-order valence-electron chi connectivity index (χ3n) is 11.2. The Morgan fingerprint density at radius 1 is 0.373 bits per heavy atom. The molecule has 0 N–H and O–H groups in total. The van der Waals surface area contributed by atoms with E-state index in [0.717, 1.165) is 25.7 Å². The quantitative estimate of drug-likeness (QED) is 0.0592. The van der Waals surface area contributed by atoms with Gasteiger partial charge in [0.05, 0.1) is 0 Å². The van der Waals surface area contributed by atoms with Gasteiger partial charge in [-0.3, -0.25) is 9.59 Å². The second-order valence-corrected chi connectivity index (χ2v) is 18.0. The number of unbranched alkanes of at least 4 members (excludes halogenated alkanes) is 28. The molecule has 0 aliphatic heterocycles. The Balaban J connectivity index is 4.48. The first kappa shape index (κ1) is 50.3. The second-order valence-electron chi connectivity index (χ2n) is 18.0. The van der Waals surface area contributed by atoms with E-state index in [4.69, 9.17) is 4.74 Å². The fourth-order valence-corrected chi connectivity index (χ4v) is 8.32. The lowest BCUT2D eigenvalue weighted by Gasteiger charge is -2.40. The van der Waals surface area contributed by atoms with Crippen LogP contribution in [0.4, 0.5) is 0 Å². The van der Waals surface area contributed by atoms with E-state index in [9.17, 15) is 9.59 Å². The standard InChI is InChI=1S/C48H94O3/c1-9-11-13-15-17-19-21-23-25-27-29-31-33-35-37-39-45(49)47(7,41-43(3)4)51-48(8,42-44(5)6)46(50)40-38-36-34-32-30-28-26-24-22-20-18-16-14-12-10-2/h43-44H,9-42H2,1-8H3. The summed E-state index contributed by atoms with van der Waals surface area (Å²) in [5, 5.41) is 0. The Bertz CT molecular complexity index is 723. The lowest BCUT2D eigenvalue weighted by molar-refractivity contribution is -0.182. The van der Waals surface area contributed by atoms with Gasteiger partial charge in [0.25, 0.3) is 0 Å². The molecule has 3 heteroatoms. The number of rotatable bonds is 40. The molecule has 0 aliphatic rings. The van der Waals surface area contributed by atoms with E-state index in [0.29, 0.717) is 37.5 Å². The number of ether oxygens (including phenoxy) is 1. The summed E-state index contributed by atoms with van der Waals surface area (Å²) in [4.78, 5) is 27.6. The predicted molar refractivity (Wildman–Crippen MR) is 226 cm³/mol. The van der Waals surface area contributed by atoms with Gasteiger partial charge in [-0.1, -0.05) is 221 Å². The molecule has 0 aliphatic carbocycles. The highest BCUT2D eigenvalue weighted by Gasteiger charge is 2.44. The molecule has 2 unspecified atom stereocenters. The number of Topliss-reactive ketones (excluding diaryl/α,β-unsaturated/α-hetero) is 2. The average molecular weight is 719 g/mol. The van der Waals surface area contributed by atoms with E-state index in [1.807, 2.05) is 13.8 Å². The fraction of sp³-hybridized carbons (Fsp3) is 0.958. The van der Waals surface area contributed by atoms with Crippen LogP contribution in [-0.2, 0) is 14.3 Å². The number of ketones is 2. The van der Waals surface area contributed by atoms with E-state index < -0.39 is 11.2 Å². The average Bonchev–Trinajstić information content (AvgIpc) is 3.07. The third-order valence-corrected chi connectivity index (χ3v) is 11.2. The van der Waals surface area contributed by atoms with Gasteiger partial charge in [0.15, 0.2) is 11.6 Å². The highest BCUT2D eigenvalue weighted by molar-refractivity contribution is 5.90. The van der Waals surface area contributed by atoms with E-state index >= 15 is 0 Å². The highest BCUT2D eigenvalue weighted by Crippen LogP contribution is 2.35. The zero-order chi connectivity index (χ0) is 38.1. The molecule has 0 amide bonds. The van der Waals surface area contributed by atoms with Crippen molar-refractivity contribution in [3.05, 3.63) is 0 Å². The van der Waals surface area contributed by atoms with Crippen molar-refractivity contribution in [2.75, 3.05) is 0 Å². The van der Waals surface area contributed by atoms with Crippen molar-refractivity contribution in [3.63, 3.8) is 0 Å². The summed E-state index contributed by atoms with van der Waals surface area (Å²) < 4.78 is 6.82. The SMILES string of the molecule is CCCCCCCCCCCCCCCCCC(=O)C(C)(CC(C)C)OC(C)(CC(C)C)C(=O)CCCCCCCCCCCCCCCCC. The van der Waals surface area contributed by atoms with E-state index in [1.165, 1.54) is 167 Å². The van der Waals surface area contributed by atoms with Crippen LogP contribution >= 0.6 is 0 Å². The third kappa shape index (κ3) is 29.4. The Kier molecular flexibility index (Phi) is 33.4. The van der Waals surface area contributed by atoms with Crippen LogP contribution in [0.3, 0.4) is 0 Å². The monoisotopic (exact) mass is 719 g/mol. The van der Waals surface area contributed by atoms with Crippen molar-refractivity contribution in [3.8, 4) is 0 Å². The van der Waals surface area contributed by atoms with Crippen LogP contribution in [0, 0.1) is 11.8 Å². The van der Waals surface area contributed by atoms with Gasteiger partial charge >= 0.3 is 0 Å². The van der Waals surface area contributed by atoms with Crippen LogP contribution in [0.25, 0.3) is 0 Å². The lowest BCUT2D eigenvalue weighted by Crippen LogP contribution is -2.51. The van der Waals surface area contributed by atoms with Crippen LogP contribution in [0.15, 0.2) is 0 Å². The van der Waals surface area contributed by atoms with E-state index in [-0.39, 0.29) is 11.6 Å². The molecule has 0 radical (unpaired) electrons. The molecule has 0 aromatic heterocycles. The molecule has 0 rings (SSSR count). The Morgan fingerprint density at radius 3 is 0.765 bits per heavy atom. The summed E-state index contributed by atoms with van der Waals surface area (Å²) in [5.74, 6) is 1.05. The first-order valence-corrected chi connectivity index (χ1v) is 23.3. The molecule has 3 nitrogen and oxygen atoms in total. The Hall–Kier alpha value is -0.700. The Labute approximate surface area is 321 Å². The molecule has 0 spiro atoms. The normalized spacial score (nSPS) is 14.3. The lowest BCUT2D eigenvalue weighted by atomic mass is 9.83. The summed E-state index contributed by atoms with van der Waals surface area (Å²) in [6.45, 7) is 17.2. The summed E-state index contributed by atoms with van der Waals surface area (Å²) >= 11 is 0. The topological polar surface area (TPSA) is 43.4 Å². The molecule has 2 atom stereocenters. The van der Waals surface area contributed by atoms with Gasteiger partial charge in [-0.25, -0.2) is 0 Å². The van der Waals surface area contributed by atoms with Crippen LogP contribution in [0.1, 0.15) is 274 Å². The maximum atomic E-state index is 13.8.